The molecule has 3 aliphatic rings. The van der Waals surface area contributed by atoms with Gasteiger partial charge in [-0.25, -0.2) is 0 Å². The molecule has 0 bridgehead atoms. The SMILES string of the molecule is CC(C)OCC(=O)N1CCC(C2CCC3NCN(CC(=O)N(C)Cc4ccc(C#N)c(Cl)c4)C(=O)C3C2)CC1. The molecule has 1 N–H and O–H groups in total. The second kappa shape index (κ2) is 13.1. The number of ether oxygens (including phenoxy) is 1. The van der Waals surface area contributed by atoms with Crippen LogP contribution in [0.2, 0.25) is 5.02 Å². The van der Waals surface area contributed by atoms with E-state index in [1.165, 1.54) is 0 Å². The van der Waals surface area contributed by atoms with Gasteiger partial charge >= 0.3 is 0 Å². The van der Waals surface area contributed by atoms with Crippen LogP contribution >= 0.6 is 11.6 Å². The highest BCUT2D eigenvalue weighted by Gasteiger charge is 2.43. The van der Waals surface area contributed by atoms with E-state index in [0.29, 0.717) is 35.6 Å². The fourth-order valence-corrected chi connectivity index (χ4v) is 6.41. The van der Waals surface area contributed by atoms with Crippen molar-refractivity contribution in [3.8, 4) is 6.07 Å². The highest BCUT2D eigenvalue weighted by Crippen LogP contribution is 2.40. The summed E-state index contributed by atoms with van der Waals surface area (Å²) < 4.78 is 5.48. The third-order valence-corrected chi connectivity index (χ3v) is 8.80. The minimum absolute atomic E-state index is 0.0270. The zero-order valence-electron chi connectivity index (χ0n) is 23.2. The Labute approximate surface area is 236 Å². The number of amides is 3. The summed E-state index contributed by atoms with van der Waals surface area (Å²) in [5, 5.41) is 12.9. The lowest BCUT2D eigenvalue weighted by Gasteiger charge is -2.46. The van der Waals surface area contributed by atoms with Crippen molar-refractivity contribution in [2.24, 2.45) is 17.8 Å². The first-order valence-corrected chi connectivity index (χ1v) is 14.4. The molecule has 1 saturated carbocycles. The van der Waals surface area contributed by atoms with E-state index in [9.17, 15) is 14.4 Å². The van der Waals surface area contributed by atoms with Crippen LogP contribution in [-0.2, 0) is 25.7 Å². The highest BCUT2D eigenvalue weighted by atomic mass is 35.5. The number of hydrogen-bond donors (Lipinski definition) is 1. The molecule has 39 heavy (non-hydrogen) atoms. The third-order valence-electron chi connectivity index (χ3n) is 8.49. The van der Waals surface area contributed by atoms with Crippen LogP contribution < -0.4 is 5.32 Å². The Morgan fingerprint density at radius 2 is 1.95 bits per heavy atom. The Kier molecular flexibility index (Phi) is 9.86. The van der Waals surface area contributed by atoms with Crippen molar-refractivity contribution in [2.75, 3.05) is 40.0 Å². The fraction of sp³-hybridized carbons (Fsp3) is 0.655. The Morgan fingerprint density at radius 1 is 1.21 bits per heavy atom. The standard InChI is InChI=1S/C29H40ClN5O4/c1-19(2)39-17-28(37)34-10-8-21(9-11-34)22-6-7-26-24(13-22)29(38)35(18-32-26)16-27(36)33(3)15-20-4-5-23(14-31)25(30)12-20/h4-5,12,19,21-22,24,26,32H,6-11,13,15-18H2,1-3H3. The van der Waals surface area contributed by atoms with E-state index in [1.807, 2.05) is 24.8 Å². The van der Waals surface area contributed by atoms with Crippen LogP contribution in [0.25, 0.3) is 0 Å². The molecule has 2 saturated heterocycles. The first-order chi connectivity index (χ1) is 18.7. The van der Waals surface area contributed by atoms with Gasteiger partial charge in [0, 0.05) is 32.7 Å². The van der Waals surface area contributed by atoms with Gasteiger partial charge in [-0.1, -0.05) is 17.7 Å². The Bertz CT molecular complexity index is 1100. The molecule has 9 nitrogen and oxygen atoms in total. The second-order valence-electron chi connectivity index (χ2n) is 11.4. The van der Waals surface area contributed by atoms with Crippen LogP contribution in [0.3, 0.4) is 0 Å². The van der Waals surface area contributed by atoms with Gasteiger partial charge in [-0.3, -0.25) is 19.7 Å². The molecule has 2 aliphatic heterocycles. The molecule has 0 spiro atoms. The van der Waals surface area contributed by atoms with Crippen LogP contribution in [0, 0.1) is 29.1 Å². The number of fused-ring (bicyclic) bond motifs is 1. The lowest BCUT2D eigenvalue weighted by atomic mass is 9.69. The summed E-state index contributed by atoms with van der Waals surface area (Å²) in [6, 6.07) is 7.33. The van der Waals surface area contributed by atoms with Crippen LogP contribution in [0.5, 0.6) is 0 Å². The van der Waals surface area contributed by atoms with Gasteiger partial charge in [0.15, 0.2) is 0 Å². The van der Waals surface area contributed by atoms with Crippen LogP contribution in [0.4, 0.5) is 0 Å². The first-order valence-electron chi connectivity index (χ1n) is 14.0. The van der Waals surface area contributed by atoms with E-state index in [2.05, 4.69) is 5.32 Å². The maximum atomic E-state index is 13.5. The van der Waals surface area contributed by atoms with E-state index in [4.69, 9.17) is 21.6 Å². The third kappa shape index (κ3) is 7.30. The average Bonchev–Trinajstić information content (AvgIpc) is 2.93. The molecule has 3 atom stereocenters. The van der Waals surface area contributed by atoms with Gasteiger partial charge < -0.3 is 19.4 Å². The summed E-state index contributed by atoms with van der Waals surface area (Å²) in [5.41, 5.74) is 1.23. The summed E-state index contributed by atoms with van der Waals surface area (Å²) >= 11 is 6.13. The average molecular weight is 558 g/mol. The van der Waals surface area contributed by atoms with Crippen molar-refractivity contribution < 1.29 is 19.1 Å². The molecule has 0 aromatic heterocycles. The minimum Gasteiger partial charge on any atom is -0.369 e. The molecule has 0 radical (unpaired) electrons. The molecular formula is C29H40ClN5O4. The summed E-state index contributed by atoms with van der Waals surface area (Å²) in [4.78, 5) is 44.0. The van der Waals surface area contributed by atoms with Gasteiger partial charge in [0.2, 0.25) is 17.7 Å². The molecule has 3 amide bonds. The minimum atomic E-state index is -0.144. The van der Waals surface area contributed by atoms with Crippen molar-refractivity contribution >= 4 is 29.3 Å². The van der Waals surface area contributed by atoms with Crippen molar-refractivity contribution in [1.29, 1.82) is 5.26 Å². The normalized spacial score (nSPS) is 23.9. The van der Waals surface area contributed by atoms with Gasteiger partial charge in [0.1, 0.15) is 19.2 Å². The van der Waals surface area contributed by atoms with E-state index in [1.54, 1.807) is 35.0 Å². The second-order valence-corrected chi connectivity index (χ2v) is 11.8. The van der Waals surface area contributed by atoms with Gasteiger partial charge in [0.05, 0.1) is 29.3 Å². The molecular weight excluding hydrogens is 518 g/mol. The van der Waals surface area contributed by atoms with Gasteiger partial charge in [0.25, 0.3) is 0 Å². The zero-order valence-corrected chi connectivity index (χ0v) is 24.0. The van der Waals surface area contributed by atoms with Crippen molar-refractivity contribution in [3.05, 3.63) is 34.3 Å². The maximum Gasteiger partial charge on any atom is 0.248 e. The van der Waals surface area contributed by atoms with Crippen molar-refractivity contribution in [3.63, 3.8) is 0 Å². The number of nitriles is 1. The Hall–Kier alpha value is -2.67. The number of halogens is 1. The molecule has 1 aromatic carbocycles. The first kappa shape index (κ1) is 29.3. The van der Waals surface area contributed by atoms with E-state index in [-0.39, 0.29) is 48.9 Å². The lowest BCUT2D eigenvalue weighted by molar-refractivity contribution is -0.148. The molecule has 10 heteroatoms. The Morgan fingerprint density at radius 3 is 2.62 bits per heavy atom. The monoisotopic (exact) mass is 557 g/mol. The predicted molar refractivity (Wildman–Crippen MR) is 147 cm³/mol. The van der Waals surface area contributed by atoms with Crippen molar-refractivity contribution in [1.82, 2.24) is 20.0 Å². The van der Waals surface area contributed by atoms with E-state index >= 15 is 0 Å². The number of nitrogens with one attached hydrogen (secondary N) is 1. The van der Waals surface area contributed by atoms with Gasteiger partial charge in [-0.2, -0.15) is 5.26 Å². The number of carbonyl (C=O) groups excluding carboxylic acids is 3. The fourth-order valence-electron chi connectivity index (χ4n) is 6.17. The molecule has 2 heterocycles. The van der Waals surface area contributed by atoms with Crippen LogP contribution in [0.15, 0.2) is 18.2 Å². The molecule has 1 aromatic rings. The molecule has 3 fully saturated rings. The molecule has 4 rings (SSSR count). The molecule has 3 unspecified atom stereocenters. The predicted octanol–water partition coefficient (Wildman–Crippen LogP) is 3.01. The molecule has 212 valence electrons. The maximum absolute atomic E-state index is 13.5. The largest absolute Gasteiger partial charge is 0.369 e. The Balaban J connectivity index is 1.27. The summed E-state index contributed by atoms with van der Waals surface area (Å²) in [6.45, 7) is 6.25. The lowest BCUT2D eigenvalue weighted by Crippen LogP contribution is -2.60. The summed E-state index contributed by atoms with van der Waals surface area (Å²) in [5.74, 6) is 0.828. The number of likely N-dealkylation sites (tertiary alicyclic amines) is 1. The van der Waals surface area contributed by atoms with Crippen molar-refractivity contribution in [2.45, 2.75) is 64.6 Å². The molecule has 1 aliphatic carbocycles. The number of likely N-dealkylation sites (N-methyl/N-ethyl adjacent to an activating group) is 1. The zero-order chi connectivity index (χ0) is 28.1. The number of piperidine rings is 1. The van der Waals surface area contributed by atoms with Crippen LogP contribution in [0.1, 0.15) is 57.1 Å². The van der Waals surface area contributed by atoms with Gasteiger partial charge in [-0.05, 0) is 75.5 Å². The highest BCUT2D eigenvalue weighted by molar-refractivity contribution is 6.31. The summed E-state index contributed by atoms with van der Waals surface area (Å²) in [7, 11) is 1.71. The topological polar surface area (TPSA) is 106 Å². The number of benzene rings is 1. The quantitative estimate of drug-likeness (QED) is 0.527. The summed E-state index contributed by atoms with van der Waals surface area (Å²) in [6.07, 6.45) is 4.85. The van der Waals surface area contributed by atoms with E-state index in [0.717, 1.165) is 50.8 Å². The number of rotatable bonds is 8. The van der Waals surface area contributed by atoms with Crippen LogP contribution in [-0.4, -0.2) is 84.5 Å². The number of nitrogens with zero attached hydrogens (tertiary/aromatic N) is 4. The van der Waals surface area contributed by atoms with Gasteiger partial charge in [-0.15, -0.1) is 0 Å². The van der Waals surface area contributed by atoms with E-state index < -0.39 is 0 Å². The smallest absolute Gasteiger partial charge is 0.248 e. The number of hydrogen-bond acceptors (Lipinski definition) is 6. The number of carbonyl (C=O) groups is 3.